The monoisotopic (exact) mass is 549 g/mol. The van der Waals surface area contributed by atoms with Crippen LogP contribution in [0.5, 0.6) is 11.5 Å². The smallest absolute Gasteiger partial charge is 0.191 e. The van der Waals surface area contributed by atoms with E-state index in [-0.39, 0.29) is 36.1 Å². The lowest BCUT2D eigenvalue weighted by Crippen LogP contribution is -2.38. The Balaban J connectivity index is 0.00000480. The molecule has 31 heavy (non-hydrogen) atoms. The van der Waals surface area contributed by atoms with Gasteiger partial charge in [0, 0.05) is 26.3 Å². The highest BCUT2D eigenvalue weighted by Gasteiger charge is 2.15. The molecule has 1 aliphatic rings. The average molecular weight is 549 g/mol. The molecule has 1 fully saturated rings. The molecule has 7 nitrogen and oxygen atoms in total. The number of aliphatic imine (C=N–C) groups is 1. The summed E-state index contributed by atoms with van der Waals surface area (Å²) in [4.78, 5) is 4.68. The maximum atomic E-state index is 5.75. The van der Waals surface area contributed by atoms with Crippen LogP contribution in [0.1, 0.15) is 58.6 Å². The standard InChI is InChI=1S/C23H39N3O4.HI/c1-5-24-23(25-13-9-14-27-17-20-10-8-15-30-20)26-18(4)19-11-12-21(28-6-2)22(16-19)29-7-3;/h11-12,16,18,20H,5-10,13-15,17H2,1-4H3,(H2,24,25,26);1H. The van der Waals surface area contributed by atoms with E-state index in [0.29, 0.717) is 33.0 Å². The maximum absolute atomic E-state index is 5.75. The van der Waals surface area contributed by atoms with Crippen molar-refractivity contribution in [3.8, 4) is 11.5 Å². The summed E-state index contributed by atoms with van der Waals surface area (Å²) in [5.74, 6) is 2.35. The van der Waals surface area contributed by atoms with E-state index in [4.69, 9.17) is 18.9 Å². The highest BCUT2D eigenvalue weighted by Crippen LogP contribution is 2.30. The number of nitrogens with zero attached hydrogens (tertiary/aromatic N) is 1. The first-order valence-electron chi connectivity index (χ1n) is 11.3. The van der Waals surface area contributed by atoms with Gasteiger partial charge in [0.15, 0.2) is 17.5 Å². The van der Waals surface area contributed by atoms with Crippen LogP contribution in [-0.4, -0.2) is 58.2 Å². The van der Waals surface area contributed by atoms with Crippen LogP contribution in [0, 0.1) is 0 Å². The molecule has 2 N–H and O–H groups in total. The van der Waals surface area contributed by atoms with Crippen molar-refractivity contribution < 1.29 is 18.9 Å². The minimum Gasteiger partial charge on any atom is -0.490 e. The lowest BCUT2D eigenvalue weighted by Gasteiger charge is -2.20. The van der Waals surface area contributed by atoms with Crippen LogP contribution in [0.25, 0.3) is 0 Å². The topological polar surface area (TPSA) is 73.3 Å². The van der Waals surface area contributed by atoms with E-state index in [9.17, 15) is 0 Å². The van der Waals surface area contributed by atoms with Gasteiger partial charge in [0.1, 0.15) is 0 Å². The van der Waals surface area contributed by atoms with E-state index in [1.807, 2.05) is 26.0 Å². The summed E-state index contributed by atoms with van der Waals surface area (Å²) in [6.07, 6.45) is 3.43. The Morgan fingerprint density at radius 1 is 1.19 bits per heavy atom. The first kappa shape index (κ1) is 27.8. The minimum atomic E-state index is 0. The Kier molecular flexibility index (Phi) is 14.7. The number of rotatable bonds is 13. The maximum Gasteiger partial charge on any atom is 0.191 e. The van der Waals surface area contributed by atoms with Gasteiger partial charge >= 0.3 is 0 Å². The SMILES string of the molecule is CCNC(=NCCCOCC1CCCO1)NC(C)c1ccc(OCC)c(OCC)c1.I. The van der Waals surface area contributed by atoms with Gasteiger partial charge in [-0.05, 0) is 64.7 Å². The van der Waals surface area contributed by atoms with E-state index < -0.39 is 0 Å². The summed E-state index contributed by atoms with van der Waals surface area (Å²) in [6, 6.07) is 6.15. The molecule has 2 rings (SSSR count). The third-order valence-electron chi connectivity index (χ3n) is 4.81. The van der Waals surface area contributed by atoms with Gasteiger partial charge in [0.2, 0.25) is 0 Å². The molecular weight excluding hydrogens is 509 g/mol. The first-order chi connectivity index (χ1) is 14.7. The summed E-state index contributed by atoms with van der Waals surface area (Å²) in [7, 11) is 0. The van der Waals surface area contributed by atoms with Gasteiger partial charge < -0.3 is 29.6 Å². The number of hydrogen-bond acceptors (Lipinski definition) is 5. The van der Waals surface area contributed by atoms with Crippen molar-refractivity contribution in [2.24, 2.45) is 4.99 Å². The Morgan fingerprint density at radius 3 is 2.65 bits per heavy atom. The van der Waals surface area contributed by atoms with Crippen molar-refractivity contribution in [2.75, 3.05) is 46.1 Å². The number of benzene rings is 1. The van der Waals surface area contributed by atoms with Crippen molar-refractivity contribution in [1.29, 1.82) is 0 Å². The third kappa shape index (κ3) is 10.3. The molecule has 0 spiro atoms. The van der Waals surface area contributed by atoms with Gasteiger partial charge in [-0.2, -0.15) is 0 Å². The Labute approximate surface area is 204 Å². The van der Waals surface area contributed by atoms with Crippen molar-refractivity contribution in [1.82, 2.24) is 10.6 Å². The fraction of sp³-hybridized carbons (Fsp3) is 0.696. The molecule has 0 aromatic heterocycles. The molecule has 0 amide bonds. The molecular formula is C23H40IN3O4. The summed E-state index contributed by atoms with van der Waals surface area (Å²) < 4.78 is 22.7. The number of guanidine groups is 1. The number of hydrogen-bond donors (Lipinski definition) is 2. The highest BCUT2D eigenvalue weighted by atomic mass is 127. The zero-order chi connectivity index (χ0) is 21.6. The second-order valence-electron chi connectivity index (χ2n) is 7.26. The third-order valence-corrected chi connectivity index (χ3v) is 4.81. The molecule has 0 aliphatic carbocycles. The van der Waals surface area contributed by atoms with Crippen LogP contribution in [0.2, 0.25) is 0 Å². The Bertz CT molecular complexity index is 639. The zero-order valence-corrected chi connectivity index (χ0v) is 21.8. The molecule has 8 heteroatoms. The molecule has 0 bridgehead atoms. The Hall–Kier alpha value is -1.26. The number of nitrogens with one attached hydrogen (secondary N) is 2. The van der Waals surface area contributed by atoms with E-state index in [0.717, 1.165) is 55.4 Å². The van der Waals surface area contributed by atoms with E-state index in [2.05, 4.69) is 35.5 Å². The molecule has 178 valence electrons. The fourth-order valence-corrected chi connectivity index (χ4v) is 3.29. The zero-order valence-electron chi connectivity index (χ0n) is 19.4. The van der Waals surface area contributed by atoms with Crippen LogP contribution in [-0.2, 0) is 9.47 Å². The summed E-state index contributed by atoms with van der Waals surface area (Å²) >= 11 is 0. The minimum absolute atomic E-state index is 0. The Morgan fingerprint density at radius 2 is 1.97 bits per heavy atom. The van der Waals surface area contributed by atoms with Crippen molar-refractivity contribution in [2.45, 2.75) is 59.1 Å². The second-order valence-corrected chi connectivity index (χ2v) is 7.26. The summed E-state index contributed by atoms with van der Waals surface area (Å²) in [5.41, 5.74) is 1.12. The van der Waals surface area contributed by atoms with Gasteiger partial charge in [-0.15, -0.1) is 24.0 Å². The molecule has 2 unspecified atom stereocenters. The van der Waals surface area contributed by atoms with E-state index in [1.54, 1.807) is 0 Å². The van der Waals surface area contributed by atoms with Crippen molar-refractivity contribution in [3.05, 3.63) is 23.8 Å². The molecule has 1 heterocycles. The van der Waals surface area contributed by atoms with Crippen LogP contribution < -0.4 is 20.1 Å². The van der Waals surface area contributed by atoms with Gasteiger partial charge in [0.25, 0.3) is 0 Å². The largest absolute Gasteiger partial charge is 0.490 e. The van der Waals surface area contributed by atoms with Crippen LogP contribution >= 0.6 is 24.0 Å². The van der Waals surface area contributed by atoms with E-state index >= 15 is 0 Å². The molecule has 2 atom stereocenters. The van der Waals surface area contributed by atoms with Gasteiger partial charge in [-0.1, -0.05) is 6.07 Å². The van der Waals surface area contributed by atoms with Crippen LogP contribution in [0.4, 0.5) is 0 Å². The van der Waals surface area contributed by atoms with Gasteiger partial charge in [-0.3, -0.25) is 4.99 Å². The highest BCUT2D eigenvalue weighted by molar-refractivity contribution is 14.0. The number of ether oxygens (including phenoxy) is 4. The van der Waals surface area contributed by atoms with Gasteiger partial charge in [0.05, 0.1) is 32.0 Å². The predicted molar refractivity (Wildman–Crippen MR) is 136 cm³/mol. The van der Waals surface area contributed by atoms with E-state index in [1.165, 1.54) is 0 Å². The predicted octanol–water partition coefficient (Wildman–Crippen LogP) is 4.30. The van der Waals surface area contributed by atoms with Gasteiger partial charge in [-0.25, -0.2) is 0 Å². The van der Waals surface area contributed by atoms with Crippen molar-refractivity contribution in [3.63, 3.8) is 0 Å². The lowest BCUT2D eigenvalue weighted by molar-refractivity contribution is 0.0171. The fourth-order valence-electron chi connectivity index (χ4n) is 3.29. The molecule has 1 aliphatic heterocycles. The lowest BCUT2D eigenvalue weighted by atomic mass is 10.1. The van der Waals surface area contributed by atoms with Crippen LogP contribution in [0.3, 0.4) is 0 Å². The molecule has 0 saturated carbocycles. The average Bonchev–Trinajstić information content (AvgIpc) is 3.25. The quantitative estimate of drug-likeness (QED) is 0.166. The summed E-state index contributed by atoms with van der Waals surface area (Å²) in [5, 5.41) is 6.78. The van der Waals surface area contributed by atoms with Crippen LogP contribution in [0.15, 0.2) is 23.2 Å². The normalized spacial score (nSPS) is 17.0. The van der Waals surface area contributed by atoms with Crippen molar-refractivity contribution >= 4 is 29.9 Å². The summed E-state index contributed by atoms with van der Waals surface area (Å²) in [6.45, 7) is 13.1. The second kappa shape index (κ2) is 16.4. The molecule has 1 saturated heterocycles. The molecule has 1 aromatic carbocycles. The molecule has 1 aromatic rings. The molecule has 0 radical (unpaired) electrons. The number of halogens is 1. The first-order valence-corrected chi connectivity index (χ1v) is 11.3.